The number of amides is 1. The molecule has 0 saturated carbocycles. The van der Waals surface area contributed by atoms with Gasteiger partial charge in [0, 0.05) is 36.7 Å². The van der Waals surface area contributed by atoms with E-state index in [9.17, 15) is 4.79 Å². The molecule has 2 fully saturated rings. The number of likely N-dealkylation sites (tertiary alicyclic amines) is 1. The number of hydrogen-bond acceptors (Lipinski definition) is 8. The van der Waals surface area contributed by atoms with E-state index in [0.29, 0.717) is 53.5 Å². The Morgan fingerprint density at radius 3 is 2.78 bits per heavy atom. The van der Waals surface area contributed by atoms with Crippen molar-refractivity contribution in [3.8, 4) is 23.1 Å². The number of pyridine rings is 1. The van der Waals surface area contributed by atoms with Crippen molar-refractivity contribution < 1.29 is 23.7 Å². The van der Waals surface area contributed by atoms with Gasteiger partial charge in [0.25, 0.3) is 0 Å². The summed E-state index contributed by atoms with van der Waals surface area (Å²) in [7, 11) is 1.58. The van der Waals surface area contributed by atoms with E-state index in [1.807, 2.05) is 24.0 Å². The van der Waals surface area contributed by atoms with Gasteiger partial charge in [-0.1, -0.05) is 0 Å². The Balaban J connectivity index is 1.12. The highest BCUT2D eigenvalue weighted by Gasteiger charge is 2.50. The molecule has 4 aromatic rings. The average molecular weight is 490 g/mol. The number of fused-ring (bicyclic) bond motifs is 2. The number of aromatic nitrogens is 4. The molecule has 0 aliphatic carbocycles. The van der Waals surface area contributed by atoms with Gasteiger partial charge in [0.05, 0.1) is 49.4 Å². The summed E-state index contributed by atoms with van der Waals surface area (Å²) < 4.78 is 22.9. The molecule has 1 spiro atoms. The first-order chi connectivity index (χ1) is 17.5. The second-order valence-corrected chi connectivity index (χ2v) is 9.56. The Morgan fingerprint density at radius 2 is 2.00 bits per heavy atom. The van der Waals surface area contributed by atoms with Crippen molar-refractivity contribution in [2.75, 3.05) is 40.0 Å². The summed E-state index contributed by atoms with van der Waals surface area (Å²) in [5, 5.41) is 1.65. The number of carbonyl (C=O) groups is 1. The van der Waals surface area contributed by atoms with Gasteiger partial charge in [0.1, 0.15) is 17.7 Å². The second-order valence-electron chi connectivity index (χ2n) is 9.56. The fourth-order valence-corrected chi connectivity index (χ4v) is 4.77. The van der Waals surface area contributed by atoms with Crippen LogP contribution in [0.2, 0.25) is 0 Å². The van der Waals surface area contributed by atoms with Crippen molar-refractivity contribution in [2.45, 2.75) is 19.8 Å². The van der Waals surface area contributed by atoms with E-state index in [1.165, 1.54) is 6.33 Å². The Hall–Kier alpha value is -3.92. The topological polar surface area (TPSA) is 112 Å². The van der Waals surface area contributed by atoms with Crippen molar-refractivity contribution >= 4 is 27.8 Å². The summed E-state index contributed by atoms with van der Waals surface area (Å²) in [6.07, 6.45) is 4.17. The summed E-state index contributed by atoms with van der Waals surface area (Å²) in [5.41, 5.74) is 2.73. The van der Waals surface area contributed by atoms with E-state index in [0.717, 1.165) is 43.0 Å². The number of aryl methyl sites for hydroxylation is 1. The van der Waals surface area contributed by atoms with Gasteiger partial charge >= 0.3 is 0 Å². The van der Waals surface area contributed by atoms with E-state index in [-0.39, 0.29) is 11.3 Å². The minimum Gasteiger partial charge on any atom is -0.493 e. The average Bonchev–Trinajstić information content (AvgIpc) is 3.19. The molecular formula is C26H27N5O5. The van der Waals surface area contributed by atoms with Crippen LogP contribution in [0.5, 0.6) is 23.1 Å². The lowest BCUT2D eigenvalue weighted by atomic mass is 9.78. The molecule has 0 unspecified atom stereocenters. The van der Waals surface area contributed by atoms with Crippen molar-refractivity contribution in [2.24, 2.45) is 5.41 Å². The van der Waals surface area contributed by atoms with E-state index in [2.05, 4.69) is 19.9 Å². The van der Waals surface area contributed by atoms with Gasteiger partial charge in [-0.25, -0.2) is 15.0 Å². The number of carbonyl (C=O) groups excluding carboxylic acids is 1. The van der Waals surface area contributed by atoms with Gasteiger partial charge in [-0.15, -0.1) is 0 Å². The molecule has 1 amide bonds. The predicted octanol–water partition coefficient (Wildman–Crippen LogP) is 3.63. The lowest BCUT2D eigenvalue weighted by molar-refractivity contribution is -0.195. The van der Waals surface area contributed by atoms with Gasteiger partial charge in [0.2, 0.25) is 11.8 Å². The van der Waals surface area contributed by atoms with Crippen LogP contribution in [0.4, 0.5) is 0 Å². The molecule has 6 rings (SSSR count). The number of ether oxygens (including phenoxy) is 4. The Kier molecular flexibility index (Phi) is 5.60. The van der Waals surface area contributed by atoms with E-state index in [1.54, 1.807) is 25.4 Å². The number of benzene rings is 1. The molecule has 2 saturated heterocycles. The maximum atomic E-state index is 12.4. The van der Waals surface area contributed by atoms with Crippen LogP contribution in [-0.2, 0) is 9.53 Å². The summed E-state index contributed by atoms with van der Waals surface area (Å²) in [6.45, 7) is 5.55. The highest BCUT2D eigenvalue weighted by molar-refractivity contribution is 5.87. The van der Waals surface area contributed by atoms with Crippen LogP contribution in [-0.4, -0.2) is 70.8 Å². The molecular weight excluding hydrogens is 462 g/mol. The normalized spacial score (nSPS) is 16.1. The van der Waals surface area contributed by atoms with Crippen molar-refractivity contribution in [1.29, 1.82) is 0 Å². The van der Waals surface area contributed by atoms with Gasteiger partial charge in [0.15, 0.2) is 11.5 Å². The Bertz CT molecular complexity index is 1440. The predicted molar refractivity (Wildman–Crippen MR) is 132 cm³/mol. The van der Waals surface area contributed by atoms with Gasteiger partial charge < -0.3 is 28.8 Å². The summed E-state index contributed by atoms with van der Waals surface area (Å²) in [6, 6.07) is 7.53. The number of aromatic amines is 1. The van der Waals surface area contributed by atoms with Crippen molar-refractivity contribution in [3.05, 3.63) is 42.5 Å². The molecule has 0 bridgehead atoms. The number of nitrogens with zero attached hydrogens (tertiary/aromatic N) is 4. The smallest absolute Gasteiger partial charge is 0.230 e. The minimum atomic E-state index is 0.165. The summed E-state index contributed by atoms with van der Waals surface area (Å²) in [4.78, 5) is 30.6. The van der Waals surface area contributed by atoms with Crippen LogP contribution < -0.4 is 14.2 Å². The Morgan fingerprint density at radius 1 is 1.14 bits per heavy atom. The number of methoxy groups -OCH3 is 1. The lowest BCUT2D eigenvalue weighted by Crippen LogP contribution is -2.67. The molecule has 186 valence electrons. The fourth-order valence-electron chi connectivity index (χ4n) is 4.77. The molecule has 1 aromatic carbocycles. The van der Waals surface area contributed by atoms with Gasteiger partial charge in [-0.3, -0.25) is 4.79 Å². The number of hydrogen-bond donors (Lipinski definition) is 1. The zero-order valence-corrected chi connectivity index (χ0v) is 20.2. The first-order valence-electron chi connectivity index (χ1n) is 12.0. The number of rotatable bonds is 8. The van der Waals surface area contributed by atoms with Crippen molar-refractivity contribution in [3.63, 3.8) is 0 Å². The van der Waals surface area contributed by atoms with Gasteiger partial charge in [-0.2, -0.15) is 0 Å². The van der Waals surface area contributed by atoms with E-state index in [4.69, 9.17) is 18.9 Å². The van der Waals surface area contributed by atoms with Gasteiger partial charge in [-0.05, 0) is 31.5 Å². The van der Waals surface area contributed by atoms with Crippen LogP contribution in [0.25, 0.3) is 21.9 Å². The minimum absolute atomic E-state index is 0.165. The molecule has 3 aromatic heterocycles. The largest absolute Gasteiger partial charge is 0.493 e. The van der Waals surface area contributed by atoms with Crippen LogP contribution in [0.1, 0.15) is 18.5 Å². The maximum absolute atomic E-state index is 12.4. The summed E-state index contributed by atoms with van der Waals surface area (Å²) >= 11 is 0. The number of nitrogens with one attached hydrogen (secondary N) is 1. The Labute approximate surface area is 207 Å². The molecule has 10 heteroatoms. The molecule has 1 N–H and O–H groups in total. The van der Waals surface area contributed by atoms with Crippen LogP contribution in [0.3, 0.4) is 0 Å². The molecule has 2 aliphatic rings. The molecule has 36 heavy (non-hydrogen) atoms. The third-order valence-electron chi connectivity index (χ3n) is 6.69. The third-order valence-corrected chi connectivity index (χ3v) is 6.69. The monoisotopic (exact) mass is 489 g/mol. The molecule has 0 radical (unpaired) electrons. The first-order valence-corrected chi connectivity index (χ1v) is 12.0. The number of H-pyrrole nitrogens is 1. The van der Waals surface area contributed by atoms with Crippen LogP contribution in [0.15, 0.2) is 36.8 Å². The molecule has 5 heterocycles. The summed E-state index contributed by atoms with van der Waals surface area (Å²) in [5.74, 6) is 2.23. The van der Waals surface area contributed by atoms with Crippen LogP contribution >= 0.6 is 0 Å². The zero-order chi connectivity index (χ0) is 24.7. The van der Waals surface area contributed by atoms with Crippen LogP contribution in [0, 0.1) is 12.3 Å². The molecule has 0 atom stereocenters. The molecule has 10 nitrogen and oxygen atoms in total. The lowest BCUT2D eigenvalue weighted by Gasteiger charge is -2.55. The maximum Gasteiger partial charge on any atom is 0.230 e. The van der Waals surface area contributed by atoms with Crippen molar-refractivity contribution in [1.82, 2.24) is 24.8 Å². The third kappa shape index (κ3) is 4.17. The molecule has 2 aliphatic heterocycles. The second kappa shape index (κ2) is 8.94. The first kappa shape index (κ1) is 22.5. The highest BCUT2D eigenvalue weighted by Crippen LogP contribution is 2.38. The van der Waals surface area contributed by atoms with E-state index >= 15 is 0 Å². The fraction of sp³-hybridized carbons (Fsp3) is 0.385. The van der Waals surface area contributed by atoms with E-state index < -0.39 is 0 Å². The highest BCUT2D eigenvalue weighted by atomic mass is 16.5. The quantitative estimate of drug-likeness (QED) is 0.374. The standard InChI is InChI=1S/C26H27N5O5/c1-16-6-17-7-18(10-27-24(17)30-16)36-25-19-8-21(33-2)22(9-20(19)28-15-29-25)35-5-3-4-23(32)31-11-26(12-31)13-34-14-26/h6-10,15H,3-5,11-14H2,1-2H3,(H,27,30). The SMILES string of the molecule is COc1cc2c(Oc3cnc4[nH]c(C)cc4c3)ncnc2cc1OCCCC(=O)N1CC2(COC2)C1. The zero-order valence-electron chi connectivity index (χ0n) is 20.2.